The van der Waals surface area contributed by atoms with Crippen molar-refractivity contribution in [2.45, 2.75) is 51.7 Å². The van der Waals surface area contributed by atoms with Gasteiger partial charge in [0.2, 0.25) is 0 Å². The highest BCUT2D eigenvalue weighted by Crippen LogP contribution is 2.26. The molecule has 0 aromatic rings. The van der Waals surface area contributed by atoms with E-state index in [1.807, 2.05) is 20.8 Å². The van der Waals surface area contributed by atoms with Crippen LogP contribution in [0.5, 0.6) is 0 Å². The van der Waals surface area contributed by atoms with E-state index in [9.17, 15) is 9.59 Å². The SMILES string of the molecule is COC(=O)C1CCC(NC(=O)OC(C)(C)C)C1. The van der Waals surface area contributed by atoms with Crippen LogP contribution >= 0.6 is 0 Å². The second-order valence-electron chi connectivity index (χ2n) is 5.38. The van der Waals surface area contributed by atoms with Crippen molar-refractivity contribution in [2.75, 3.05) is 7.11 Å². The van der Waals surface area contributed by atoms with Gasteiger partial charge in [0.05, 0.1) is 13.0 Å². The monoisotopic (exact) mass is 243 g/mol. The van der Waals surface area contributed by atoms with Gasteiger partial charge in [-0.25, -0.2) is 4.79 Å². The maximum absolute atomic E-state index is 11.5. The number of ether oxygens (including phenoxy) is 2. The van der Waals surface area contributed by atoms with E-state index in [4.69, 9.17) is 4.74 Å². The zero-order valence-electron chi connectivity index (χ0n) is 10.9. The molecule has 1 amide bonds. The molecular formula is C12H21NO4. The third kappa shape index (κ3) is 4.63. The first-order valence-electron chi connectivity index (χ1n) is 5.89. The third-order valence-electron chi connectivity index (χ3n) is 2.69. The summed E-state index contributed by atoms with van der Waals surface area (Å²) >= 11 is 0. The van der Waals surface area contributed by atoms with E-state index in [1.165, 1.54) is 7.11 Å². The van der Waals surface area contributed by atoms with Crippen molar-refractivity contribution in [3.8, 4) is 0 Å². The van der Waals surface area contributed by atoms with Crippen LogP contribution in [0.15, 0.2) is 0 Å². The molecule has 0 aromatic carbocycles. The number of rotatable bonds is 2. The van der Waals surface area contributed by atoms with Gasteiger partial charge < -0.3 is 14.8 Å². The van der Waals surface area contributed by atoms with Crippen molar-refractivity contribution in [1.82, 2.24) is 5.32 Å². The van der Waals surface area contributed by atoms with Crippen LogP contribution in [0.1, 0.15) is 40.0 Å². The maximum atomic E-state index is 11.5. The van der Waals surface area contributed by atoms with Gasteiger partial charge in [-0.3, -0.25) is 4.79 Å². The van der Waals surface area contributed by atoms with Crippen LogP contribution in [-0.4, -0.2) is 30.8 Å². The van der Waals surface area contributed by atoms with Crippen molar-refractivity contribution < 1.29 is 19.1 Å². The molecule has 2 unspecified atom stereocenters. The average Bonchev–Trinajstić information content (AvgIpc) is 2.62. The highest BCUT2D eigenvalue weighted by Gasteiger charge is 2.32. The van der Waals surface area contributed by atoms with Crippen LogP contribution in [-0.2, 0) is 14.3 Å². The van der Waals surface area contributed by atoms with Gasteiger partial charge >= 0.3 is 12.1 Å². The van der Waals surface area contributed by atoms with Crippen LogP contribution in [0.4, 0.5) is 4.79 Å². The number of alkyl carbamates (subject to hydrolysis) is 1. The summed E-state index contributed by atoms with van der Waals surface area (Å²) in [4.78, 5) is 22.8. The zero-order chi connectivity index (χ0) is 13.1. The molecule has 98 valence electrons. The number of hydrogen-bond donors (Lipinski definition) is 1. The molecule has 0 saturated heterocycles. The Morgan fingerprint density at radius 1 is 1.24 bits per heavy atom. The lowest BCUT2D eigenvalue weighted by Gasteiger charge is -2.21. The second kappa shape index (κ2) is 5.38. The Morgan fingerprint density at radius 3 is 2.41 bits per heavy atom. The smallest absolute Gasteiger partial charge is 0.407 e. The molecule has 0 aromatic heterocycles. The second-order valence-corrected chi connectivity index (χ2v) is 5.38. The quantitative estimate of drug-likeness (QED) is 0.752. The summed E-state index contributed by atoms with van der Waals surface area (Å²) in [7, 11) is 1.39. The maximum Gasteiger partial charge on any atom is 0.407 e. The molecule has 0 radical (unpaired) electrons. The Hall–Kier alpha value is -1.26. The molecule has 1 aliphatic rings. The lowest BCUT2D eigenvalue weighted by Crippen LogP contribution is -2.38. The van der Waals surface area contributed by atoms with Gasteiger partial charge in [0.25, 0.3) is 0 Å². The van der Waals surface area contributed by atoms with E-state index < -0.39 is 11.7 Å². The fraction of sp³-hybridized carbons (Fsp3) is 0.833. The lowest BCUT2D eigenvalue weighted by atomic mass is 10.1. The summed E-state index contributed by atoms with van der Waals surface area (Å²) in [6.07, 6.45) is 1.76. The minimum atomic E-state index is -0.496. The number of carbonyl (C=O) groups excluding carboxylic acids is 2. The predicted octanol–water partition coefficient (Wildman–Crippen LogP) is 1.85. The Balaban J connectivity index is 2.35. The van der Waals surface area contributed by atoms with Crippen molar-refractivity contribution in [3.63, 3.8) is 0 Å². The largest absolute Gasteiger partial charge is 0.469 e. The molecule has 0 aliphatic heterocycles. The Morgan fingerprint density at radius 2 is 1.88 bits per heavy atom. The van der Waals surface area contributed by atoms with Gasteiger partial charge in [0, 0.05) is 6.04 Å². The topological polar surface area (TPSA) is 64.6 Å². The minimum absolute atomic E-state index is 0.00829. The fourth-order valence-corrected chi connectivity index (χ4v) is 1.97. The molecule has 0 bridgehead atoms. The van der Waals surface area contributed by atoms with Crippen LogP contribution in [0, 0.1) is 5.92 Å². The molecule has 0 spiro atoms. The van der Waals surface area contributed by atoms with Crippen LogP contribution in [0.2, 0.25) is 0 Å². The fourth-order valence-electron chi connectivity index (χ4n) is 1.97. The van der Waals surface area contributed by atoms with Gasteiger partial charge in [0.1, 0.15) is 5.60 Å². The number of methoxy groups -OCH3 is 1. The van der Waals surface area contributed by atoms with Crippen LogP contribution < -0.4 is 5.32 Å². The number of amides is 1. The van der Waals surface area contributed by atoms with Crippen molar-refractivity contribution >= 4 is 12.1 Å². The minimum Gasteiger partial charge on any atom is -0.469 e. The van der Waals surface area contributed by atoms with Crippen LogP contribution in [0.25, 0.3) is 0 Å². The number of esters is 1. The van der Waals surface area contributed by atoms with Gasteiger partial charge in [-0.05, 0) is 40.0 Å². The molecule has 5 heteroatoms. The first-order chi connectivity index (χ1) is 7.81. The lowest BCUT2D eigenvalue weighted by molar-refractivity contribution is -0.145. The molecule has 1 fully saturated rings. The van der Waals surface area contributed by atoms with Crippen molar-refractivity contribution in [3.05, 3.63) is 0 Å². The molecule has 1 saturated carbocycles. The summed E-state index contributed by atoms with van der Waals surface area (Å²) in [5.74, 6) is -0.293. The molecule has 2 atom stereocenters. The first-order valence-corrected chi connectivity index (χ1v) is 5.89. The van der Waals surface area contributed by atoms with E-state index in [0.29, 0.717) is 6.42 Å². The average molecular weight is 243 g/mol. The Labute approximate surface area is 102 Å². The number of hydrogen-bond acceptors (Lipinski definition) is 4. The first kappa shape index (κ1) is 13.8. The highest BCUT2D eigenvalue weighted by molar-refractivity contribution is 5.73. The molecule has 1 rings (SSSR count). The zero-order valence-corrected chi connectivity index (χ0v) is 10.9. The molecule has 17 heavy (non-hydrogen) atoms. The standard InChI is InChI=1S/C12H21NO4/c1-12(2,3)17-11(15)13-9-6-5-8(7-9)10(14)16-4/h8-9H,5-7H2,1-4H3,(H,13,15). The van der Waals surface area contributed by atoms with Crippen molar-refractivity contribution in [1.29, 1.82) is 0 Å². The van der Waals surface area contributed by atoms with Crippen molar-refractivity contribution in [2.24, 2.45) is 5.92 Å². The molecule has 5 nitrogen and oxygen atoms in total. The molecule has 1 N–H and O–H groups in total. The van der Waals surface area contributed by atoms with E-state index in [0.717, 1.165) is 12.8 Å². The van der Waals surface area contributed by atoms with Gasteiger partial charge in [-0.1, -0.05) is 0 Å². The summed E-state index contributed by atoms with van der Waals surface area (Å²) in [6.45, 7) is 5.45. The van der Waals surface area contributed by atoms with Gasteiger partial charge in [-0.15, -0.1) is 0 Å². The Bertz CT molecular complexity index is 295. The molecule has 1 aliphatic carbocycles. The van der Waals surface area contributed by atoms with E-state index >= 15 is 0 Å². The van der Waals surface area contributed by atoms with E-state index in [2.05, 4.69) is 10.1 Å². The number of nitrogens with one attached hydrogen (secondary N) is 1. The normalized spacial score (nSPS) is 24.2. The van der Waals surface area contributed by atoms with Crippen LogP contribution in [0.3, 0.4) is 0 Å². The van der Waals surface area contributed by atoms with E-state index in [-0.39, 0.29) is 17.9 Å². The summed E-state index contributed by atoms with van der Waals surface area (Å²) in [5.41, 5.74) is -0.496. The van der Waals surface area contributed by atoms with E-state index in [1.54, 1.807) is 0 Å². The summed E-state index contributed by atoms with van der Waals surface area (Å²) in [5, 5.41) is 2.78. The third-order valence-corrected chi connectivity index (χ3v) is 2.69. The molecule has 0 heterocycles. The predicted molar refractivity (Wildman–Crippen MR) is 62.5 cm³/mol. The Kier molecular flexibility index (Phi) is 4.37. The highest BCUT2D eigenvalue weighted by atomic mass is 16.6. The summed E-state index contributed by atoms with van der Waals surface area (Å²) in [6, 6.07) is 0.00829. The van der Waals surface area contributed by atoms with Gasteiger partial charge in [0.15, 0.2) is 0 Å². The molecular weight excluding hydrogens is 222 g/mol. The summed E-state index contributed by atoms with van der Waals surface area (Å²) < 4.78 is 9.84. The number of carbonyl (C=O) groups is 2. The van der Waals surface area contributed by atoms with Gasteiger partial charge in [-0.2, -0.15) is 0 Å².